The lowest BCUT2D eigenvalue weighted by Crippen LogP contribution is -2.13. The van der Waals surface area contributed by atoms with E-state index in [1.54, 1.807) is 26.4 Å². The molecule has 2 aromatic carbocycles. The maximum absolute atomic E-state index is 14.3. The van der Waals surface area contributed by atoms with Crippen molar-refractivity contribution in [2.45, 2.75) is 5.25 Å². The summed E-state index contributed by atoms with van der Waals surface area (Å²) in [6.07, 6.45) is 0. The van der Waals surface area contributed by atoms with Crippen molar-refractivity contribution in [3.8, 4) is 11.5 Å². The highest BCUT2D eigenvalue weighted by atomic mass is 35.5. The van der Waals surface area contributed by atoms with E-state index in [2.05, 4.69) is 5.32 Å². The van der Waals surface area contributed by atoms with Crippen LogP contribution >= 0.6 is 23.4 Å². The molecule has 0 saturated heterocycles. The standard InChI is InChI=1S/C17H15ClFNO3S/c1-22-13-5-3-4-10(16(13)23-2)17-11-6-9(18)7-12(19)15(11)20-14(21)8-24-17/h3-7,17H,8H2,1-2H3,(H,20,21)/t17-/m1/s1. The normalized spacial score (nSPS) is 16.8. The van der Waals surface area contributed by atoms with Gasteiger partial charge in [0.1, 0.15) is 5.82 Å². The molecule has 2 aromatic rings. The Kier molecular flexibility index (Phi) is 4.87. The van der Waals surface area contributed by atoms with E-state index in [0.717, 1.165) is 5.56 Å². The zero-order valence-electron chi connectivity index (χ0n) is 13.1. The van der Waals surface area contributed by atoms with Gasteiger partial charge in [-0.15, -0.1) is 11.8 Å². The molecule has 0 aliphatic carbocycles. The van der Waals surface area contributed by atoms with Crippen LogP contribution < -0.4 is 14.8 Å². The van der Waals surface area contributed by atoms with Crippen LogP contribution in [0.3, 0.4) is 0 Å². The molecule has 0 saturated carbocycles. The average molecular weight is 368 g/mol. The van der Waals surface area contributed by atoms with Gasteiger partial charge in [0.25, 0.3) is 0 Å². The van der Waals surface area contributed by atoms with E-state index in [0.29, 0.717) is 17.1 Å². The quantitative estimate of drug-likeness (QED) is 0.880. The van der Waals surface area contributed by atoms with Crippen LogP contribution in [0.5, 0.6) is 11.5 Å². The van der Waals surface area contributed by atoms with Crippen LogP contribution in [0, 0.1) is 5.82 Å². The summed E-state index contributed by atoms with van der Waals surface area (Å²) < 4.78 is 25.2. The Morgan fingerprint density at radius 1 is 1.25 bits per heavy atom. The molecule has 0 radical (unpaired) electrons. The third-order valence-electron chi connectivity index (χ3n) is 3.73. The lowest BCUT2D eigenvalue weighted by atomic mass is 10.0. The molecule has 1 aliphatic rings. The summed E-state index contributed by atoms with van der Waals surface area (Å²) in [5.74, 6) is 0.505. The van der Waals surface area contributed by atoms with E-state index in [9.17, 15) is 9.18 Å². The van der Waals surface area contributed by atoms with E-state index >= 15 is 0 Å². The fraction of sp³-hybridized carbons (Fsp3) is 0.235. The predicted molar refractivity (Wildman–Crippen MR) is 93.9 cm³/mol. The van der Waals surface area contributed by atoms with E-state index in [1.807, 2.05) is 12.1 Å². The van der Waals surface area contributed by atoms with Crippen molar-refractivity contribution >= 4 is 35.0 Å². The summed E-state index contributed by atoms with van der Waals surface area (Å²) in [4.78, 5) is 11.9. The molecule has 24 heavy (non-hydrogen) atoms. The minimum absolute atomic E-state index is 0.157. The molecule has 1 atom stereocenters. The summed E-state index contributed by atoms with van der Waals surface area (Å²) in [6, 6.07) is 8.35. The van der Waals surface area contributed by atoms with Gasteiger partial charge >= 0.3 is 0 Å². The number of benzene rings is 2. The zero-order valence-corrected chi connectivity index (χ0v) is 14.6. The van der Waals surface area contributed by atoms with Crippen molar-refractivity contribution in [3.05, 3.63) is 52.3 Å². The smallest absolute Gasteiger partial charge is 0.234 e. The molecule has 1 amide bonds. The minimum Gasteiger partial charge on any atom is -0.493 e. The second-order valence-electron chi connectivity index (χ2n) is 5.17. The summed E-state index contributed by atoms with van der Waals surface area (Å²) in [6.45, 7) is 0. The van der Waals surface area contributed by atoms with Gasteiger partial charge in [0.05, 0.1) is 30.9 Å². The van der Waals surface area contributed by atoms with Crippen molar-refractivity contribution in [1.82, 2.24) is 0 Å². The van der Waals surface area contributed by atoms with Gasteiger partial charge in [-0.3, -0.25) is 4.79 Å². The number of halogens is 2. The lowest BCUT2D eigenvalue weighted by Gasteiger charge is -2.21. The summed E-state index contributed by atoms with van der Waals surface area (Å²) in [5.41, 5.74) is 1.55. The highest BCUT2D eigenvalue weighted by molar-refractivity contribution is 8.00. The Bertz CT molecular complexity index is 800. The number of hydrogen-bond acceptors (Lipinski definition) is 4. The number of carbonyl (C=O) groups is 1. The van der Waals surface area contributed by atoms with Gasteiger partial charge in [-0.2, -0.15) is 0 Å². The van der Waals surface area contributed by atoms with Crippen LogP contribution in [0.2, 0.25) is 5.02 Å². The molecule has 1 N–H and O–H groups in total. The van der Waals surface area contributed by atoms with Gasteiger partial charge in [0, 0.05) is 10.6 Å². The Morgan fingerprint density at radius 3 is 2.75 bits per heavy atom. The number of carbonyl (C=O) groups excluding carboxylic acids is 1. The molecular formula is C17H15ClFNO3S. The Balaban J connectivity index is 2.21. The second kappa shape index (κ2) is 6.91. The monoisotopic (exact) mass is 367 g/mol. The highest BCUT2D eigenvalue weighted by Gasteiger charge is 2.29. The van der Waals surface area contributed by atoms with Gasteiger partial charge in [0.2, 0.25) is 5.91 Å². The number of fused-ring (bicyclic) bond motifs is 1. The maximum Gasteiger partial charge on any atom is 0.234 e. The largest absolute Gasteiger partial charge is 0.493 e. The number of thioether (sulfide) groups is 1. The van der Waals surface area contributed by atoms with Gasteiger partial charge in [0.15, 0.2) is 11.5 Å². The van der Waals surface area contributed by atoms with Crippen molar-refractivity contribution in [2.75, 3.05) is 25.3 Å². The lowest BCUT2D eigenvalue weighted by molar-refractivity contribution is -0.113. The Labute approximate surface area is 148 Å². The number of amides is 1. The topological polar surface area (TPSA) is 47.6 Å². The predicted octanol–water partition coefficient (Wildman–Crippen LogP) is 4.27. The molecule has 126 valence electrons. The Morgan fingerprint density at radius 2 is 2.04 bits per heavy atom. The summed E-state index contributed by atoms with van der Waals surface area (Å²) >= 11 is 7.42. The van der Waals surface area contributed by atoms with Crippen molar-refractivity contribution in [1.29, 1.82) is 0 Å². The maximum atomic E-state index is 14.3. The molecule has 0 bridgehead atoms. The van der Waals surface area contributed by atoms with Crippen molar-refractivity contribution in [2.24, 2.45) is 0 Å². The highest BCUT2D eigenvalue weighted by Crippen LogP contribution is 2.48. The van der Waals surface area contributed by atoms with Crippen LogP contribution in [0.1, 0.15) is 16.4 Å². The zero-order chi connectivity index (χ0) is 17.3. The summed E-state index contributed by atoms with van der Waals surface area (Å²) in [7, 11) is 3.10. The molecule has 1 heterocycles. The van der Waals surface area contributed by atoms with Gasteiger partial charge in [-0.05, 0) is 23.8 Å². The van der Waals surface area contributed by atoms with Crippen LogP contribution in [0.25, 0.3) is 0 Å². The molecular weight excluding hydrogens is 353 g/mol. The number of para-hydroxylation sites is 1. The molecule has 1 aliphatic heterocycles. The van der Waals surface area contributed by atoms with Crippen LogP contribution in [-0.2, 0) is 4.79 Å². The second-order valence-corrected chi connectivity index (χ2v) is 6.70. The van der Waals surface area contributed by atoms with E-state index in [1.165, 1.54) is 17.8 Å². The number of nitrogens with one attached hydrogen (secondary N) is 1. The first-order chi connectivity index (χ1) is 11.5. The fourth-order valence-corrected chi connectivity index (χ4v) is 4.07. The first kappa shape index (κ1) is 16.9. The molecule has 0 fully saturated rings. The number of hydrogen-bond donors (Lipinski definition) is 1. The fourth-order valence-electron chi connectivity index (χ4n) is 2.73. The van der Waals surface area contributed by atoms with Crippen LogP contribution in [0.4, 0.5) is 10.1 Å². The third-order valence-corrected chi connectivity index (χ3v) is 5.22. The molecule has 0 spiro atoms. The first-order valence-corrected chi connectivity index (χ1v) is 8.59. The molecule has 0 aromatic heterocycles. The number of ether oxygens (including phenoxy) is 2. The summed E-state index contributed by atoms with van der Waals surface area (Å²) in [5, 5.41) is 2.57. The van der Waals surface area contributed by atoms with Gasteiger partial charge in [-0.25, -0.2) is 4.39 Å². The van der Waals surface area contributed by atoms with E-state index in [-0.39, 0.29) is 27.6 Å². The third kappa shape index (κ3) is 3.03. The van der Waals surface area contributed by atoms with Gasteiger partial charge < -0.3 is 14.8 Å². The number of rotatable bonds is 3. The van der Waals surface area contributed by atoms with E-state index in [4.69, 9.17) is 21.1 Å². The SMILES string of the molecule is COc1cccc([C@H]2SCC(=O)Nc3c(F)cc(Cl)cc32)c1OC. The van der Waals surface area contributed by atoms with Crippen LogP contribution in [0.15, 0.2) is 30.3 Å². The average Bonchev–Trinajstić information content (AvgIpc) is 2.73. The Hall–Kier alpha value is -1.92. The number of anilines is 1. The number of methoxy groups -OCH3 is 2. The first-order valence-electron chi connectivity index (χ1n) is 7.16. The van der Waals surface area contributed by atoms with Crippen molar-refractivity contribution in [3.63, 3.8) is 0 Å². The molecule has 0 unspecified atom stereocenters. The molecule has 3 rings (SSSR count). The van der Waals surface area contributed by atoms with Crippen LogP contribution in [-0.4, -0.2) is 25.9 Å². The molecule has 4 nitrogen and oxygen atoms in total. The van der Waals surface area contributed by atoms with Gasteiger partial charge in [-0.1, -0.05) is 23.7 Å². The molecule has 7 heteroatoms. The van der Waals surface area contributed by atoms with Crippen molar-refractivity contribution < 1.29 is 18.7 Å². The minimum atomic E-state index is -0.555. The van der Waals surface area contributed by atoms with E-state index < -0.39 is 5.82 Å².